The lowest BCUT2D eigenvalue weighted by molar-refractivity contribution is -0.138. The lowest BCUT2D eigenvalue weighted by atomic mass is 9.82. The van der Waals surface area contributed by atoms with E-state index in [0.29, 0.717) is 48.7 Å². The van der Waals surface area contributed by atoms with E-state index in [1.54, 1.807) is 41.0 Å². The Labute approximate surface area is 251 Å². The molecule has 3 aliphatic rings. The number of rotatable bonds is 7. The summed E-state index contributed by atoms with van der Waals surface area (Å²) < 4.78 is 0. The number of nitrogens with one attached hydrogen (secondary N) is 1. The second kappa shape index (κ2) is 11.8. The summed E-state index contributed by atoms with van der Waals surface area (Å²) in [5.41, 5.74) is 2.51. The zero-order valence-electron chi connectivity index (χ0n) is 24.1. The number of amides is 3. The minimum atomic E-state index is -1.92. The summed E-state index contributed by atoms with van der Waals surface area (Å²) in [5, 5.41) is 25.3. The maximum Gasteiger partial charge on any atom is 0.268 e. The van der Waals surface area contributed by atoms with Crippen LogP contribution in [0.15, 0.2) is 84.9 Å². The number of hydrogen-bond acceptors (Lipinski definition) is 6. The Morgan fingerprint density at radius 2 is 1.79 bits per heavy atom. The molecule has 0 spiro atoms. The van der Waals surface area contributed by atoms with Gasteiger partial charge in [-0.3, -0.25) is 19.3 Å². The molecule has 3 aliphatic heterocycles. The third-order valence-electron chi connectivity index (χ3n) is 8.84. The highest BCUT2D eigenvalue weighted by Gasteiger charge is 2.53. The molecule has 0 aromatic heterocycles. The van der Waals surface area contributed by atoms with Crippen LogP contribution in [0.3, 0.4) is 0 Å². The van der Waals surface area contributed by atoms with Gasteiger partial charge < -0.3 is 25.3 Å². The maximum absolute atomic E-state index is 14.1. The lowest BCUT2D eigenvalue weighted by Crippen LogP contribution is -2.48. The van der Waals surface area contributed by atoms with Crippen LogP contribution in [0.25, 0.3) is 0 Å². The van der Waals surface area contributed by atoms with Gasteiger partial charge >= 0.3 is 0 Å². The predicted molar refractivity (Wildman–Crippen MR) is 164 cm³/mol. The number of fused-ring (bicyclic) bond motifs is 2. The molecule has 9 heteroatoms. The molecule has 222 valence electrons. The van der Waals surface area contributed by atoms with E-state index in [2.05, 4.69) is 5.32 Å². The Morgan fingerprint density at radius 3 is 2.53 bits per heavy atom. The second-order valence-electron chi connectivity index (χ2n) is 11.4. The van der Waals surface area contributed by atoms with Gasteiger partial charge in [0.05, 0.1) is 24.9 Å². The third kappa shape index (κ3) is 5.14. The highest BCUT2D eigenvalue weighted by Crippen LogP contribution is 2.49. The van der Waals surface area contributed by atoms with Gasteiger partial charge in [-0.1, -0.05) is 61.5 Å². The summed E-state index contributed by atoms with van der Waals surface area (Å²) in [5.74, 6) is -1.39. The van der Waals surface area contributed by atoms with Crippen molar-refractivity contribution >= 4 is 34.8 Å². The normalized spacial score (nSPS) is 22.6. The first-order valence-corrected chi connectivity index (χ1v) is 14.7. The lowest BCUT2D eigenvalue weighted by Gasteiger charge is -2.36. The predicted octanol–water partition coefficient (Wildman–Crippen LogP) is 3.02. The van der Waals surface area contributed by atoms with Crippen molar-refractivity contribution in [1.29, 1.82) is 0 Å². The summed E-state index contributed by atoms with van der Waals surface area (Å²) in [6.45, 7) is 3.42. The first-order chi connectivity index (χ1) is 20.8. The third-order valence-corrected chi connectivity index (χ3v) is 8.84. The minimum Gasteiger partial charge on any atom is -0.394 e. The molecule has 0 unspecified atom stereocenters. The van der Waals surface area contributed by atoms with Crippen LogP contribution in [0.4, 0.5) is 17.1 Å². The molecule has 3 aromatic carbocycles. The molecule has 6 rings (SSSR count). The smallest absolute Gasteiger partial charge is 0.268 e. The van der Waals surface area contributed by atoms with Crippen molar-refractivity contribution < 1.29 is 24.6 Å². The van der Waals surface area contributed by atoms with E-state index >= 15 is 0 Å². The average Bonchev–Trinajstić information content (AvgIpc) is 3.27. The summed E-state index contributed by atoms with van der Waals surface area (Å²) in [4.78, 5) is 44.9. The number of carbonyl (C=O) groups is 3. The highest BCUT2D eigenvalue weighted by atomic mass is 16.3. The van der Waals surface area contributed by atoms with E-state index in [0.717, 1.165) is 11.1 Å². The molecular formula is C34H36N4O5. The number of carbonyl (C=O) groups excluding carboxylic acids is 3. The van der Waals surface area contributed by atoms with Crippen LogP contribution < -0.4 is 15.1 Å². The number of piperazine rings is 1. The van der Waals surface area contributed by atoms with Gasteiger partial charge in [0.25, 0.3) is 5.91 Å². The molecule has 3 atom stereocenters. The fraction of sp³-hybridized carbons (Fsp3) is 0.324. The van der Waals surface area contributed by atoms with Crippen LogP contribution in [0, 0.1) is 5.92 Å². The second-order valence-corrected chi connectivity index (χ2v) is 11.4. The van der Waals surface area contributed by atoms with E-state index in [1.807, 2.05) is 60.7 Å². The number of nitrogens with zero attached hydrogens (tertiary/aromatic N) is 3. The number of anilines is 3. The van der Waals surface area contributed by atoms with E-state index in [9.17, 15) is 24.6 Å². The van der Waals surface area contributed by atoms with Crippen molar-refractivity contribution in [2.75, 3.05) is 36.0 Å². The summed E-state index contributed by atoms with van der Waals surface area (Å²) >= 11 is 0. The van der Waals surface area contributed by atoms with E-state index in [1.165, 1.54) is 4.90 Å². The van der Waals surface area contributed by atoms with Crippen molar-refractivity contribution in [3.8, 4) is 0 Å². The first-order valence-electron chi connectivity index (χ1n) is 14.7. The largest absolute Gasteiger partial charge is 0.394 e. The fourth-order valence-corrected chi connectivity index (χ4v) is 6.41. The molecule has 3 aromatic rings. The molecular weight excluding hydrogens is 544 g/mol. The van der Waals surface area contributed by atoms with Gasteiger partial charge in [0.15, 0.2) is 5.60 Å². The Bertz CT molecular complexity index is 1570. The first kappa shape index (κ1) is 28.8. The number of aliphatic hydroxyl groups is 2. The summed E-state index contributed by atoms with van der Waals surface area (Å²) in [6.07, 6.45) is 4.07. The molecule has 43 heavy (non-hydrogen) atoms. The van der Waals surface area contributed by atoms with Gasteiger partial charge in [-0.05, 0) is 47.9 Å². The van der Waals surface area contributed by atoms with Gasteiger partial charge in [0, 0.05) is 48.9 Å². The van der Waals surface area contributed by atoms with Crippen molar-refractivity contribution in [1.82, 2.24) is 10.2 Å². The molecule has 0 saturated carbocycles. The number of benzene rings is 3. The minimum absolute atomic E-state index is 0.0673. The van der Waals surface area contributed by atoms with Crippen molar-refractivity contribution in [3.63, 3.8) is 0 Å². The van der Waals surface area contributed by atoms with Gasteiger partial charge in [-0.15, -0.1) is 0 Å². The van der Waals surface area contributed by atoms with Gasteiger partial charge in [-0.2, -0.15) is 0 Å². The van der Waals surface area contributed by atoms with Gasteiger partial charge in [0.1, 0.15) is 0 Å². The van der Waals surface area contributed by atoms with Crippen LogP contribution in [0.2, 0.25) is 0 Å². The Morgan fingerprint density at radius 1 is 1.05 bits per heavy atom. The molecule has 0 bridgehead atoms. The molecule has 0 aliphatic carbocycles. The van der Waals surface area contributed by atoms with E-state index in [4.69, 9.17) is 0 Å². The number of aliphatic hydroxyl groups excluding tert-OH is 1. The standard InChI is InChI=1S/C34H36N4O5/c1-23(8-7-13-31(40)37-21-25-10-6-5-9-24(25)18-28(37)22-39)34(43)29-19-27(36-17-16-35-20-32(36)41)14-15-30(29)38(33(34)42)26-11-3-2-4-12-26/h2-12,14-15,19,23,28,35,39,43H,13,16-18,20-22H2,1H3/b8-7+/t23-,28-,34+/m0/s1. The van der Waals surface area contributed by atoms with Crippen molar-refractivity contribution in [2.24, 2.45) is 5.92 Å². The highest BCUT2D eigenvalue weighted by molar-refractivity contribution is 6.12. The zero-order valence-corrected chi connectivity index (χ0v) is 24.1. The fourth-order valence-electron chi connectivity index (χ4n) is 6.41. The molecule has 1 saturated heterocycles. The molecule has 1 fully saturated rings. The van der Waals surface area contributed by atoms with Crippen LogP contribution in [0.5, 0.6) is 0 Å². The molecule has 0 radical (unpaired) electrons. The SMILES string of the molecule is C[C@@H](/C=C/CC(=O)N1Cc2ccccc2C[C@H]1CO)[C@]1(O)C(=O)N(c2ccccc2)c2ccc(N3CCNCC3=O)cc21. The van der Waals surface area contributed by atoms with Crippen LogP contribution in [-0.4, -0.2) is 65.1 Å². The van der Waals surface area contributed by atoms with Crippen molar-refractivity contribution in [3.05, 3.63) is 102 Å². The van der Waals surface area contributed by atoms with E-state index in [-0.39, 0.29) is 37.4 Å². The zero-order chi connectivity index (χ0) is 30.1. The molecule has 3 N–H and O–H groups in total. The van der Waals surface area contributed by atoms with Gasteiger partial charge in [-0.25, -0.2) is 0 Å². The van der Waals surface area contributed by atoms with Crippen molar-refractivity contribution in [2.45, 2.75) is 38.0 Å². The monoisotopic (exact) mass is 580 g/mol. The topological polar surface area (TPSA) is 113 Å². The Balaban J connectivity index is 1.28. The molecule has 3 heterocycles. The quantitative estimate of drug-likeness (QED) is 0.371. The maximum atomic E-state index is 14.1. The Kier molecular flexibility index (Phi) is 7.87. The van der Waals surface area contributed by atoms with Crippen LogP contribution in [-0.2, 0) is 33.0 Å². The van der Waals surface area contributed by atoms with Gasteiger partial charge in [0.2, 0.25) is 11.8 Å². The van der Waals surface area contributed by atoms with Crippen LogP contribution >= 0.6 is 0 Å². The van der Waals surface area contributed by atoms with E-state index < -0.39 is 17.4 Å². The average molecular weight is 581 g/mol. The molecule has 3 amide bonds. The summed E-state index contributed by atoms with van der Waals surface area (Å²) in [7, 11) is 0. The van der Waals surface area contributed by atoms with Crippen LogP contribution in [0.1, 0.15) is 30.0 Å². The summed E-state index contributed by atoms with van der Waals surface area (Å²) in [6, 6.07) is 22.1. The Hall–Kier alpha value is -4.31. The molecule has 9 nitrogen and oxygen atoms in total. The number of hydrogen-bond donors (Lipinski definition) is 3. The number of para-hydroxylation sites is 1.